The van der Waals surface area contributed by atoms with E-state index >= 15 is 0 Å². The first-order valence-electron chi connectivity index (χ1n) is 18.7. The first-order chi connectivity index (χ1) is 19.2. The van der Waals surface area contributed by atoms with Gasteiger partial charge in [0.15, 0.2) is 0 Å². The van der Waals surface area contributed by atoms with Crippen LogP contribution in [0.5, 0.6) is 0 Å². The van der Waals surface area contributed by atoms with Gasteiger partial charge in [0, 0.05) is 0 Å². The third-order valence-corrected chi connectivity index (χ3v) is 5.74. The smallest absolute Gasteiger partial charge is 0.126 e. The molecule has 40 heavy (non-hydrogen) atoms. The van der Waals surface area contributed by atoms with Gasteiger partial charge in [0.25, 0.3) is 0 Å². The predicted octanol–water partition coefficient (Wildman–Crippen LogP) is 16.1. The molecule has 0 aliphatic rings. The van der Waals surface area contributed by atoms with E-state index in [4.69, 9.17) is 0 Å². The molecule has 1 heteroatoms. The molecule has 252 valence electrons. The van der Waals surface area contributed by atoms with Crippen LogP contribution in [0.3, 0.4) is 0 Å². The molecule has 1 nitrogen and oxygen atoms in total. The van der Waals surface area contributed by atoms with Crippen LogP contribution in [0, 0.1) is 0 Å². The van der Waals surface area contributed by atoms with Gasteiger partial charge in [0.05, 0.1) is 0 Å². The van der Waals surface area contributed by atoms with E-state index in [1.54, 1.807) is 0 Å². The summed E-state index contributed by atoms with van der Waals surface area (Å²) in [7, 11) is 0. The predicted molar refractivity (Wildman–Crippen MR) is 195 cm³/mol. The number of ketones is 1. The molecule has 0 N–H and O–H groups in total. The fourth-order valence-corrected chi connectivity index (χ4v) is 3.00. The van der Waals surface area contributed by atoms with E-state index in [2.05, 4.69) is 83.1 Å². The number of carbonyl (C=O) groups excluding carboxylic acids is 1. The fourth-order valence-electron chi connectivity index (χ4n) is 3.00. The lowest BCUT2D eigenvalue weighted by Gasteiger charge is -1.86. The Labute approximate surface area is 261 Å². The minimum absolute atomic E-state index is 0.167. The molecule has 0 bridgehead atoms. The summed E-state index contributed by atoms with van der Waals surface area (Å²) in [5.74, 6) is 0.167. The standard InChI is InChI=1S/6C6H14.C3H6O/c6*1-3-5-6-4-2;1-3(2)4/h6*3-6H2,1-2H3;1-2H3. The van der Waals surface area contributed by atoms with Crippen molar-refractivity contribution in [2.24, 2.45) is 0 Å². The Morgan fingerprint density at radius 1 is 0.250 bits per heavy atom. The second-order valence-corrected chi connectivity index (χ2v) is 11.2. The summed E-state index contributed by atoms with van der Waals surface area (Å²) >= 11 is 0. The van der Waals surface area contributed by atoms with Crippen molar-refractivity contribution < 1.29 is 4.79 Å². The van der Waals surface area contributed by atoms with Crippen LogP contribution < -0.4 is 0 Å². The summed E-state index contributed by atoms with van der Waals surface area (Å²) in [5, 5.41) is 0. The van der Waals surface area contributed by atoms with Crippen LogP contribution in [-0.4, -0.2) is 5.78 Å². The second-order valence-electron chi connectivity index (χ2n) is 11.2. The molecule has 0 heterocycles. The van der Waals surface area contributed by atoms with Crippen molar-refractivity contribution in [1.82, 2.24) is 0 Å². The van der Waals surface area contributed by atoms with E-state index in [1.165, 1.54) is 168 Å². The summed E-state index contributed by atoms with van der Waals surface area (Å²) < 4.78 is 0. The molecular weight excluding hydrogens is 484 g/mol. The highest BCUT2D eigenvalue weighted by Gasteiger charge is 1.78. The van der Waals surface area contributed by atoms with Crippen LogP contribution in [0.1, 0.15) is 251 Å². The van der Waals surface area contributed by atoms with E-state index in [0.29, 0.717) is 0 Å². The molecule has 0 atom stereocenters. The number of hydrogen-bond acceptors (Lipinski definition) is 1. The van der Waals surface area contributed by atoms with Crippen molar-refractivity contribution in [2.45, 2.75) is 251 Å². The number of Topliss-reactive ketones (excluding diaryl/α,β-unsaturated/α-hetero) is 1. The largest absolute Gasteiger partial charge is 0.300 e. The van der Waals surface area contributed by atoms with E-state index in [-0.39, 0.29) is 5.78 Å². The highest BCUT2D eigenvalue weighted by atomic mass is 16.1. The van der Waals surface area contributed by atoms with Crippen LogP contribution in [0.4, 0.5) is 0 Å². The molecule has 0 aliphatic carbocycles. The minimum atomic E-state index is 0.167. The molecule has 0 unspecified atom stereocenters. The van der Waals surface area contributed by atoms with Gasteiger partial charge in [-0.3, -0.25) is 0 Å². The second kappa shape index (κ2) is 77.1. The van der Waals surface area contributed by atoms with Crippen LogP contribution >= 0.6 is 0 Å². The van der Waals surface area contributed by atoms with Crippen molar-refractivity contribution in [2.75, 3.05) is 0 Å². The quantitative estimate of drug-likeness (QED) is 0.149. The zero-order valence-corrected chi connectivity index (χ0v) is 31.9. The third kappa shape index (κ3) is 162. The third-order valence-electron chi connectivity index (χ3n) is 5.74. The average molecular weight is 575 g/mol. The average Bonchev–Trinajstić information content (AvgIpc) is 2.96. The van der Waals surface area contributed by atoms with E-state index in [0.717, 1.165) is 0 Å². The fraction of sp³-hybridized carbons (Fsp3) is 0.974. The van der Waals surface area contributed by atoms with E-state index < -0.39 is 0 Å². The van der Waals surface area contributed by atoms with Crippen molar-refractivity contribution in [1.29, 1.82) is 0 Å². The monoisotopic (exact) mass is 575 g/mol. The Bertz CT molecular complexity index is 207. The summed E-state index contributed by atoms with van der Waals surface area (Å²) in [6.45, 7) is 29.8. The molecule has 0 saturated heterocycles. The first-order valence-corrected chi connectivity index (χ1v) is 18.7. The van der Waals surface area contributed by atoms with Gasteiger partial charge < -0.3 is 4.79 Å². The SMILES string of the molecule is CC(C)=O.CCCCCC.CCCCCC.CCCCCC.CCCCCC.CCCCCC.CCCCCC. The van der Waals surface area contributed by atoms with Gasteiger partial charge in [-0.05, 0) is 13.8 Å². The van der Waals surface area contributed by atoms with Gasteiger partial charge in [-0.2, -0.15) is 0 Å². The molecule has 0 radical (unpaired) electrons. The topological polar surface area (TPSA) is 17.1 Å². The maximum atomic E-state index is 9.44. The first kappa shape index (κ1) is 55.6. The molecule has 0 fully saturated rings. The Hall–Kier alpha value is -0.330. The van der Waals surface area contributed by atoms with Crippen molar-refractivity contribution in [3.8, 4) is 0 Å². The van der Waals surface area contributed by atoms with Crippen LogP contribution in [0.25, 0.3) is 0 Å². The van der Waals surface area contributed by atoms with E-state index in [9.17, 15) is 4.79 Å². The summed E-state index contributed by atoms with van der Waals surface area (Å²) in [6.07, 6.45) is 33.2. The number of unbranched alkanes of at least 4 members (excludes halogenated alkanes) is 18. The Kier molecular flexibility index (Phi) is 107. The molecular formula is C39H90O. The van der Waals surface area contributed by atoms with Crippen molar-refractivity contribution in [3.05, 3.63) is 0 Å². The van der Waals surface area contributed by atoms with Gasteiger partial charge in [-0.1, -0.05) is 237 Å². The maximum Gasteiger partial charge on any atom is 0.126 e. The van der Waals surface area contributed by atoms with Gasteiger partial charge in [0.1, 0.15) is 5.78 Å². The summed E-state index contributed by atoms with van der Waals surface area (Å²) in [4.78, 5) is 9.44. The van der Waals surface area contributed by atoms with Crippen LogP contribution in [0.15, 0.2) is 0 Å². The highest BCUT2D eigenvalue weighted by molar-refractivity contribution is 5.72. The molecule has 0 aliphatic heterocycles. The summed E-state index contributed by atoms with van der Waals surface area (Å²) in [6, 6.07) is 0. The molecule has 0 saturated carbocycles. The molecule has 0 spiro atoms. The lowest BCUT2D eigenvalue weighted by molar-refractivity contribution is -0.115. The van der Waals surface area contributed by atoms with Crippen LogP contribution in [0.2, 0.25) is 0 Å². The lowest BCUT2D eigenvalue weighted by atomic mass is 10.2. The Morgan fingerprint density at radius 3 is 0.325 bits per heavy atom. The number of carbonyl (C=O) groups is 1. The zero-order valence-electron chi connectivity index (χ0n) is 31.9. The molecule has 0 rings (SSSR count). The normalized spacial score (nSPS) is 8.75. The number of rotatable bonds is 18. The number of hydrogen-bond donors (Lipinski definition) is 0. The molecule has 0 aromatic carbocycles. The van der Waals surface area contributed by atoms with Gasteiger partial charge in [0.2, 0.25) is 0 Å². The molecule has 0 amide bonds. The highest BCUT2D eigenvalue weighted by Crippen LogP contribution is 1.98. The van der Waals surface area contributed by atoms with Gasteiger partial charge in [-0.25, -0.2) is 0 Å². The summed E-state index contributed by atoms with van der Waals surface area (Å²) in [5.41, 5.74) is 0. The minimum Gasteiger partial charge on any atom is -0.300 e. The van der Waals surface area contributed by atoms with Crippen LogP contribution in [-0.2, 0) is 4.79 Å². The van der Waals surface area contributed by atoms with Crippen molar-refractivity contribution in [3.63, 3.8) is 0 Å². The van der Waals surface area contributed by atoms with E-state index in [1.807, 2.05) is 0 Å². The van der Waals surface area contributed by atoms with Gasteiger partial charge in [-0.15, -0.1) is 0 Å². The maximum absolute atomic E-state index is 9.44. The molecule has 0 aromatic rings. The van der Waals surface area contributed by atoms with Gasteiger partial charge >= 0.3 is 0 Å². The zero-order chi connectivity index (χ0) is 32.5. The van der Waals surface area contributed by atoms with Crippen molar-refractivity contribution >= 4 is 5.78 Å². The molecule has 0 aromatic heterocycles. The lowest BCUT2D eigenvalue weighted by Crippen LogP contribution is -1.69. The Morgan fingerprint density at radius 2 is 0.300 bits per heavy atom. The Balaban J connectivity index is -0.0000000637.